The van der Waals surface area contributed by atoms with E-state index in [9.17, 15) is 19.6 Å². The molecular weight excluding hydrogens is 453 g/mol. The number of phosphoric ester groups is 1. The molecule has 4 rings (SSSR count). The van der Waals surface area contributed by atoms with Gasteiger partial charge >= 0.3 is 7.82 Å². The molecule has 168 valence electrons. The zero-order valence-corrected chi connectivity index (χ0v) is 17.8. The van der Waals surface area contributed by atoms with E-state index in [0.29, 0.717) is 6.54 Å². The number of hydrogen-bond donors (Lipinski definition) is 6. The first-order valence-electron chi connectivity index (χ1n) is 9.10. The van der Waals surface area contributed by atoms with E-state index in [4.69, 9.17) is 14.5 Å². The average Bonchev–Trinajstić information content (AvgIpc) is 3.37. The molecule has 6 N–H and O–H groups in total. The molecule has 1 aliphatic rings. The molecule has 0 bridgehead atoms. The lowest BCUT2D eigenvalue weighted by atomic mass is 10.1. The summed E-state index contributed by atoms with van der Waals surface area (Å²) < 4.78 is 22.1. The largest absolute Gasteiger partial charge is 0.469 e. The van der Waals surface area contributed by atoms with Gasteiger partial charge < -0.3 is 30.1 Å². The Bertz CT molecular complexity index is 1190. The van der Waals surface area contributed by atoms with Gasteiger partial charge in [0.1, 0.15) is 18.3 Å². The van der Waals surface area contributed by atoms with Gasteiger partial charge in [-0.25, -0.2) is 9.55 Å². The van der Waals surface area contributed by atoms with Gasteiger partial charge in [0.05, 0.1) is 19.5 Å². The smallest absolute Gasteiger partial charge is 0.387 e. The number of thiophene rings is 1. The van der Waals surface area contributed by atoms with Crippen molar-refractivity contribution in [2.45, 2.75) is 38.0 Å². The van der Waals surface area contributed by atoms with Crippen molar-refractivity contribution in [3.8, 4) is 0 Å². The number of rotatable bonds is 7. The molecule has 0 aliphatic carbocycles. The van der Waals surface area contributed by atoms with Crippen molar-refractivity contribution in [2.75, 3.05) is 11.9 Å². The third-order valence-electron chi connectivity index (χ3n) is 4.68. The van der Waals surface area contributed by atoms with E-state index in [1.54, 1.807) is 11.3 Å². The highest BCUT2D eigenvalue weighted by atomic mass is 32.1. The third kappa shape index (κ3) is 4.71. The molecule has 1 saturated heterocycles. The van der Waals surface area contributed by atoms with E-state index in [0.717, 1.165) is 9.75 Å². The van der Waals surface area contributed by atoms with E-state index in [2.05, 4.69) is 24.8 Å². The van der Waals surface area contributed by atoms with Crippen LogP contribution < -0.4 is 10.9 Å². The maximum atomic E-state index is 12.4. The highest BCUT2D eigenvalue weighted by Gasteiger charge is 2.45. The maximum Gasteiger partial charge on any atom is 0.469 e. The number of nitrogens with zero attached hydrogens (tertiary/aromatic N) is 3. The second-order valence-corrected chi connectivity index (χ2v) is 9.55. The number of ether oxygens (including phenoxy) is 1. The number of aromatic nitrogens is 4. The van der Waals surface area contributed by atoms with Gasteiger partial charge in [0.25, 0.3) is 5.56 Å². The van der Waals surface area contributed by atoms with Gasteiger partial charge in [0.2, 0.25) is 5.95 Å². The molecular formula is C16H20N5O8PS. The topological polar surface area (TPSA) is 192 Å². The van der Waals surface area contributed by atoms with Crippen LogP contribution in [-0.4, -0.2) is 64.4 Å². The molecule has 0 spiro atoms. The predicted octanol–water partition coefficient (Wildman–Crippen LogP) is -0.170. The van der Waals surface area contributed by atoms with Crippen LogP contribution in [0.25, 0.3) is 11.2 Å². The zero-order chi connectivity index (χ0) is 22.3. The Balaban J connectivity index is 1.58. The fraction of sp³-hybridized carbons (Fsp3) is 0.438. The number of aliphatic hydroxyl groups excluding tert-OH is 2. The van der Waals surface area contributed by atoms with Crippen molar-refractivity contribution in [3.63, 3.8) is 0 Å². The fourth-order valence-corrected chi connectivity index (χ4v) is 4.39. The van der Waals surface area contributed by atoms with E-state index in [1.165, 1.54) is 10.9 Å². The Morgan fingerprint density at radius 2 is 2.13 bits per heavy atom. The molecule has 0 aromatic carbocycles. The molecule has 4 heterocycles. The Morgan fingerprint density at radius 3 is 2.81 bits per heavy atom. The van der Waals surface area contributed by atoms with E-state index in [1.807, 2.05) is 19.1 Å². The summed E-state index contributed by atoms with van der Waals surface area (Å²) in [6.45, 7) is 1.77. The predicted molar refractivity (Wildman–Crippen MR) is 108 cm³/mol. The number of H-pyrrole nitrogens is 1. The lowest BCUT2D eigenvalue weighted by Crippen LogP contribution is -2.33. The van der Waals surface area contributed by atoms with Crippen molar-refractivity contribution in [3.05, 3.63) is 38.6 Å². The summed E-state index contributed by atoms with van der Waals surface area (Å²) in [7, 11) is -4.79. The Morgan fingerprint density at radius 1 is 1.35 bits per heavy atom. The van der Waals surface area contributed by atoms with Crippen LogP contribution in [-0.2, 0) is 20.4 Å². The molecule has 3 aromatic rings. The van der Waals surface area contributed by atoms with Crippen molar-refractivity contribution >= 4 is 36.3 Å². The van der Waals surface area contributed by atoms with Crippen LogP contribution in [0.4, 0.5) is 5.95 Å². The minimum atomic E-state index is -4.79. The molecule has 13 nitrogen and oxygen atoms in total. The van der Waals surface area contributed by atoms with Crippen molar-refractivity contribution < 1.29 is 33.8 Å². The van der Waals surface area contributed by atoms with Gasteiger partial charge in [-0.05, 0) is 19.1 Å². The second-order valence-electron chi connectivity index (χ2n) is 6.94. The number of aromatic amines is 1. The second kappa shape index (κ2) is 8.41. The summed E-state index contributed by atoms with van der Waals surface area (Å²) in [5.74, 6) is 0.180. The van der Waals surface area contributed by atoms with Gasteiger partial charge in [-0.15, -0.1) is 11.3 Å². The summed E-state index contributed by atoms with van der Waals surface area (Å²) in [4.78, 5) is 43.2. The van der Waals surface area contributed by atoms with E-state index < -0.39 is 44.5 Å². The summed E-state index contributed by atoms with van der Waals surface area (Å²) in [5, 5.41) is 23.6. The molecule has 31 heavy (non-hydrogen) atoms. The van der Waals surface area contributed by atoms with Crippen LogP contribution in [0.1, 0.15) is 16.0 Å². The SMILES string of the molecule is Cc1ccc(CNc2nc3c(ncn3[C@@H]3O[C@H](COP(=O)(O)O)[C@@H](O)[C@H]3O)c(=O)[nH]2)s1. The van der Waals surface area contributed by atoms with Crippen LogP contribution in [0.3, 0.4) is 0 Å². The summed E-state index contributed by atoms with van der Waals surface area (Å²) in [5.41, 5.74) is -0.415. The number of fused-ring (bicyclic) bond motifs is 1. The highest BCUT2D eigenvalue weighted by Crippen LogP contribution is 2.38. The van der Waals surface area contributed by atoms with Crippen LogP contribution >= 0.6 is 19.2 Å². The van der Waals surface area contributed by atoms with Gasteiger partial charge in [-0.3, -0.25) is 18.9 Å². The Labute approximate surface area is 178 Å². The number of imidazole rings is 1. The van der Waals surface area contributed by atoms with Crippen molar-refractivity contribution in [1.29, 1.82) is 0 Å². The minimum absolute atomic E-state index is 0.00211. The monoisotopic (exact) mass is 473 g/mol. The lowest BCUT2D eigenvalue weighted by Gasteiger charge is -2.16. The standard InChI is InChI=1S/C16H20N5O8PS/c1-7-2-3-8(31-7)4-17-16-19-13-10(14(24)20-16)18-6-21(13)15-12(23)11(22)9(29-15)5-28-30(25,26)27/h2-3,6,9,11-12,15,22-23H,4-5H2,1H3,(H2,25,26,27)(H2,17,19,20,24)/t9-,11-,12-,15-/m1/s1. The minimum Gasteiger partial charge on any atom is -0.387 e. The van der Waals surface area contributed by atoms with Gasteiger partial charge in [-0.2, -0.15) is 4.98 Å². The molecule has 0 saturated carbocycles. The highest BCUT2D eigenvalue weighted by molar-refractivity contribution is 7.46. The quantitative estimate of drug-likeness (QED) is 0.250. The number of aryl methyl sites for hydroxylation is 1. The van der Waals surface area contributed by atoms with Crippen molar-refractivity contribution in [1.82, 2.24) is 19.5 Å². The molecule has 1 aliphatic heterocycles. The Kier molecular flexibility index (Phi) is 5.98. The molecule has 15 heteroatoms. The average molecular weight is 473 g/mol. The van der Waals surface area contributed by atoms with Crippen LogP contribution in [0.5, 0.6) is 0 Å². The first-order chi connectivity index (χ1) is 14.6. The molecule has 0 unspecified atom stereocenters. The molecule has 3 aromatic heterocycles. The number of hydrogen-bond acceptors (Lipinski definition) is 10. The lowest BCUT2D eigenvalue weighted by molar-refractivity contribution is -0.0503. The number of aliphatic hydroxyl groups is 2. The number of anilines is 1. The van der Waals surface area contributed by atoms with E-state index in [-0.39, 0.29) is 17.1 Å². The molecule has 4 atom stereocenters. The van der Waals surface area contributed by atoms with Gasteiger partial charge in [0, 0.05) is 9.75 Å². The van der Waals surface area contributed by atoms with Crippen LogP contribution in [0.2, 0.25) is 0 Å². The maximum absolute atomic E-state index is 12.4. The Hall–Kier alpha value is -2.16. The van der Waals surface area contributed by atoms with Gasteiger partial charge in [0.15, 0.2) is 17.4 Å². The van der Waals surface area contributed by atoms with Crippen LogP contribution in [0.15, 0.2) is 23.3 Å². The number of phosphoric acid groups is 1. The third-order valence-corrected chi connectivity index (χ3v) is 6.16. The zero-order valence-electron chi connectivity index (χ0n) is 16.1. The summed E-state index contributed by atoms with van der Waals surface area (Å²) >= 11 is 1.60. The summed E-state index contributed by atoms with van der Waals surface area (Å²) in [6.07, 6.45) is -4.16. The summed E-state index contributed by atoms with van der Waals surface area (Å²) in [6, 6.07) is 3.94. The normalized spacial score (nSPS) is 24.2. The van der Waals surface area contributed by atoms with Crippen molar-refractivity contribution in [2.24, 2.45) is 0 Å². The first-order valence-corrected chi connectivity index (χ1v) is 11.4. The number of nitrogens with one attached hydrogen (secondary N) is 2. The molecule has 0 amide bonds. The van der Waals surface area contributed by atoms with Gasteiger partial charge in [-0.1, -0.05) is 0 Å². The molecule has 0 radical (unpaired) electrons. The van der Waals surface area contributed by atoms with E-state index >= 15 is 0 Å². The van der Waals surface area contributed by atoms with Crippen LogP contribution in [0, 0.1) is 6.92 Å². The fourth-order valence-electron chi connectivity index (χ4n) is 3.21. The first kappa shape index (κ1) is 22.0. The molecule has 1 fully saturated rings.